The number of sulfonamides is 1. The summed E-state index contributed by atoms with van der Waals surface area (Å²) in [7, 11) is -3.33. The molecule has 0 fully saturated rings. The number of benzene rings is 1. The van der Waals surface area contributed by atoms with E-state index in [9.17, 15) is 13.2 Å². The highest BCUT2D eigenvalue weighted by atomic mass is 32.2. The molecule has 0 saturated carbocycles. The van der Waals surface area contributed by atoms with Crippen molar-refractivity contribution in [2.75, 3.05) is 10.5 Å². The van der Waals surface area contributed by atoms with Crippen molar-refractivity contribution in [2.45, 2.75) is 20.3 Å². The summed E-state index contributed by atoms with van der Waals surface area (Å²) >= 11 is 0. The summed E-state index contributed by atoms with van der Waals surface area (Å²) in [6, 6.07) is 6.52. The standard InChI is InChI=1S/C14H19NO4S/c1-11(2)9-10-20(18,19)15-13-6-3-12(4-7-13)5-8-14(16)17/h3-8,11,15H,9-10H2,1-2H3,(H,16,17). The molecule has 6 heteroatoms. The Labute approximate surface area is 119 Å². The van der Waals surface area contributed by atoms with Gasteiger partial charge < -0.3 is 5.11 Å². The number of hydrogen-bond acceptors (Lipinski definition) is 3. The molecule has 0 unspecified atom stereocenters. The zero-order valence-corrected chi connectivity index (χ0v) is 12.4. The maximum absolute atomic E-state index is 11.8. The molecule has 2 N–H and O–H groups in total. The molecule has 0 amide bonds. The molecule has 5 nitrogen and oxygen atoms in total. The monoisotopic (exact) mass is 297 g/mol. The number of nitrogens with one attached hydrogen (secondary N) is 1. The Morgan fingerprint density at radius 1 is 1.30 bits per heavy atom. The molecule has 1 aromatic rings. The smallest absolute Gasteiger partial charge is 0.328 e. The minimum absolute atomic E-state index is 0.0886. The Hall–Kier alpha value is -1.82. The van der Waals surface area contributed by atoms with E-state index in [4.69, 9.17) is 5.11 Å². The number of aliphatic carboxylic acids is 1. The number of carboxylic acid groups (broad SMARTS) is 1. The first kappa shape index (κ1) is 16.2. The van der Waals surface area contributed by atoms with Gasteiger partial charge in [-0.05, 0) is 36.1 Å². The van der Waals surface area contributed by atoms with E-state index >= 15 is 0 Å². The minimum atomic E-state index is -3.33. The van der Waals surface area contributed by atoms with E-state index in [1.807, 2.05) is 13.8 Å². The van der Waals surface area contributed by atoms with Gasteiger partial charge in [-0.1, -0.05) is 26.0 Å². The lowest BCUT2D eigenvalue weighted by Gasteiger charge is -2.09. The number of rotatable bonds is 7. The second kappa shape index (κ2) is 7.09. The molecule has 0 aromatic heterocycles. The van der Waals surface area contributed by atoms with Crippen LogP contribution in [0.1, 0.15) is 25.8 Å². The van der Waals surface area contributed by atoms with Crippen molar-refractivity contribution in [3.8, 4) is 0 Å². The summed E-state index contributed by atoms with van der Waals surface area (Å²) in [6.45, 7) is 3.94. The van der Waals surface area contributed by atoms with Crippen LogP contribution in [0.5, 0.6) is 0 Å². The molecule has 0 radical (unpaired) electrons. The fraction of sp³-hybridized carbons (Fsp3) is 0.357. The van der Waals surface area contributed by atoms with Crippen LogP contribution in [0.25, 0.3) is 6.08 Å². The summed E-state index contributed by atoms with van der Waals surface area (Å²) in [6.07, 6.45) is 3.08. The molecule has 0 aliphatic carbocycles. The van der Waals surface area contributed by atoms with Crippen LogP contribution in [-0.4, -0.2) is 25.2 Å². The zero-order chi connectivity index (χ0) is 15.2. The second-order valence-corrected chi connectivity index (χ2v) is 6.74. The molecule has 0 spiro atoms. The first-order chi connectivity index (χ1) is 9.28. The van der Waals surface area contributed by atoms with E-state index in [2.05, 4.69) is 4.72 Å². The van der Waals surface area contributed by atoms with Gasteiger partial charge in [0, 0.05) is 11.8 Å². The van der Waals surface area contributed by atoms with E-state index in [-0.39, 0.29) is 5.75 Å². The average molecular weight is 297 g/mol. The SMILES string of the molecule is CC(C)CCS(=O)(=O)Nc1ccc(C=CC(=O)O)cc1. The van der Waals surface area contributed by atoms with E-state index in [1.54, 1.807) is 24.3 Å². The molecular weight excluding hydrogens is 278 g/mol. The van der Waals surface area contributed by atoms with E-state index in [1.165, 1.54) is 6.08 Å². The fourth-order valence-corrected chi connectivity index (χ4v) is 2.83. The minimum Gasteiger partial charge on any atom is -0.478 e. The normalized spacial score (nSPS) is 11.9. The van der Waals surface area contributed by atoms with Gasteiger partial charge in [0.1, 0.15) is 0 Å². The zero-order valence-electron chi connectivity index (χ0n) is 11.5. The Balaban J connectivity index is 2.67. The summed E-state index contributed by atoms with van der Waals surface area (Å²) < 4.78 is 26.1. The molecule has 0 bridgehead atoms. The molecule has 20 heavy (non-hydrogen) atoms. The quantitative estimate of drug-likeness (QED) is 0.758. The lowest BCUT2D eigenvalue weighted by molar-refractivity contribution is -0.131. The van der Waals surface area contributed by atoms with Crippen LogP contribution >= 0.6 is 0 Å². The molecule has 0 aliphatic heterocycles. The lowest BCUT2D eigenvalue weighted by atomic mass is 10.2. The molecule has 0 heterocycles. The molecule has 1 aromatic carbocycles. The molecule has 0 aliphatic rings. The largest absolute Gasteiger partial charge is 0.478 e. The van der Waals surface area contributed by atoms with Crippen molar-refractivity contribution in [2.24, 2.45) is 5.92 Å². The molecule has 0 saturated heterocycles. The molecular formula is C14H19NO4S. The fourth-order valence-electron chi connectivity index (χ4n) is 1.45. The van der Waals surface area contributed by atoms with Crippen LogP contribution in [0.4, 0.5) is 5.69 Å². The third kappa shape index (κ3) is 6.38. The van der Waals surface area contributed by atoms with Gasteiger partial charge in [0.25, 0.3) is 0 Å². The summed E-state index contributed by atoms with van der Waals surface area (Å²) in [5, 5.41) is 8.51. The van der Waals surface area contributed by atoms with Crippen molar-refractivity contribution < 1.29 is 18.3 Å². The molecule has 1 rings (SSSR count). The van der Waals surface area contributed by atoms with E-state index < -0.39 is 16.0 Å². The highest BCUT2D eigenvalue weighted by Crippen LogP contribution is 2.13. The third-order valence-electron chi connectivity index (χ3n) is 2.57. The van der Waals surface area contributed by atoms with E-state index in [0.717, 1.165) is 6.08 Å². The first-order valence-electron chi connectivity index (χ1n) is 6.30. The number of carboxylic acids is 1. The van der Waals surface area contributed by atoms with Crippen LogP contribution in [0.3, 0.4) is 0 Å². The van der Waals surface area contributed by atoms with Crippen LogP contribution in [0, 0.1) is 5.92 Å². The van der Waals surface area contributed by atoms with Gasteiger partial charge in [-0.2, -0.15) is 0 Å². The average Bonchev–Trinajstić information content (AvgIpc) is 2.35. The summed E-state index contributed by atoms with van der Waals surface area (Å²) in [5.41, 5.74) is 1.17. The lowest BCUT2D eigenvalue weighted by Crippen LogP contribution is -2.17. The van der Waals surface area contributed by atoms with Gasteiger partial charge >= 0.3 is 5.97 Å². The van der Waals surface area contributed by atoms with E-state index in [0.29, 0.717) is 23.6 Å². The Morgan fingerprint density at radius 2 is 1.90 bits per heavy atom. The second-order valence-electron chi connectivity index (χ2n) is 4.90. The van der Waals surface area contributed by atoms with Gasteiger partial charge in [-0.15, -0.1) is 0 Å². The topological polar surface area (TPSA) is 83.5 Å². The van der Waals surface area contributed by atoms with Gasteiger partial charge in [-0.3, -0.25) is 4.72 Å². The predicted octanol–water partition coefficient (Wildman–Crippen LogP) is 2.57. The summed E-state index contributed by atoms with van der Waals surface area (Å²) in [4.78, 5) is 10.4. The molecule has 0 atom stereocenters. The number of hydrogen-bond donors (Lipinski definition) is 2. The highest BCUT2D eigenvalue weighted by molar-refractivity contribution is 7.92. The Morgan fingerprint density at radius 3 is 2.40 bits per heavy atom. The van der Waals surface area contributed by atoms with Crippen molar-refractivity contribution in [3.63, 3.8) is 0 Å². The van der Waals surface area contributed by atoms with Gasteiger partial charge in [0.05, 0.1) is 5.75 Å². The van der Waals surface area contributed by atoms with Gasteiger partial charge in [0.15, 0.2) is 0 Å². The predicted molar refractivity (Wildman–Crippen MR) is 80.0 cm³/mol. The number of anilines is 1. The van der Waals surface area contributed by atoms with Gasteiger partial charge in [-0.25, -0.2) is 13.2 Å². The maximum atomic E-state index is 11.8. The van der Waals surface area contributed by atoms with Crippen LogP contribution < -0.4 is 4.72 Å². The van der Waals surface area contributed by atoms with Crippen LogP contribution in [-0.2, 0) is 14.8 Å². The maximum Gasteiger partial charge on any atom is 0.328 e. The highest BCUT2D eigenvalue weighted by Gasteiger charge is 2.11. The van der Waals surface area contributed by atoms with Crippen molar-refractivity contribution in [1.82, 2.24) is 0 Å². The summed E-state index contributed by atoms with van der Waals surface area (Å²) in [5.74, 6) is -0.607. The number of carbonyl (C=O) groups is 1. The third-order valence-corrected chi connectivity index (χ3v) is 3.89. The Kier molecular flexibility index (Phi) is 5.76. The van der Waals surface area contributed by atoms with Gasteiger partial charge in [0.2, 0.25) is 10.0 Å². The van der Waals surface area contributed by atoms with Crippen LogP contribution in [0.15, 0.2) is 30.3 Å². The van der Waals surface area contributed by atoms with Crippen LogP contribution in [0.2, 0.25) is 0 Å². The first-order valence-corrected chi connectivity index (χ1v) is 7.95. The van der Waals surface area contributed by atoms with Crippen molar-refractivity contribution >= 4 is 27.8 Å². The van der Waals surface area contributed by atoms with Crippen molar-refractivity contribution in [1.29, 1.82) is 0 Å². The molecule has 110 valence electrons. The van der Waals surface area contributed by atoms with Crippen molar-refractivity contribution in [3.05, 3.63) is 35.9 Å². The Bertz CT molecular complexity index is 574.